The summed E-state index contributed by atoms with van der Waals surface area (Å²) in [7, 11) is 0. The van der Waals surface area contributed by atoms with Gasteiger partial charge in [-0.15, -0.1) is 17.5 Å². The van der Waals surface area contributed by atoms with Gasteiger partial charge in [-0.05, 0) is 83.1 Å². The first kappa shape index (κ1) is 92.7. The van der Waals surface area contributed by atoms with Crippen molar-refractivity contribution in [3.05, 3.63) is 24.3 Å². The number of β-amino-alcohol motifs (C(OH)–C–C–N with tert-alkyl or cyclic N) is 2. The van der Waals surface area contributed by atoms with Crippen LogP contribution in [0.1, 0.15) is 96.9 Å². The summed E-state index contributed by atoms with van der Waals surface area (Å²) in [5, 5.41) is 64.3. The predicted octanol–water partition coefficient (Wildman–Crippen LogP) is 2.58. The maximum atomic E-state index is 11.3. The molecule has 42 heteroatoms. The number of nitrogens with one attached hydrogen (secondary N) is 4. The van der Waals surface area contributed by atoms with Crippen LogP contribution in [0.2, 0.25) is 0 Å². The van der Waals surface area contributed by atoms with E-state index in [0.717, 1.165) is 123 Å². The van der Waals surface area contributed by atoms with Gasteiger partial charge in [0.25, 0.3) is 23.5 Å². The van der Waals surface area contributed by atoms with E-state index in [2.05, 4.69) is 159 Å². The fourth-order valence-electron chi connectivity index (χ4n) is 8.46. The molecule has 106 heavy (non-hydrogen) atoms. The zero-order valence-electron chi connectivity index (χ0n) is 62.8. The standard InChI is InChI=1S/2C15H26N4O4S.2C13H24N4O3S.2C4H4O4/c2*1-11(20)23-12(9-16-15(2,3)4)10-22-14-13(17-24-18-14)19-5-7-21-8-6-19;2*1-13(2,3)14-8-10(18)9-20-12-11(15-21-16-12)17-4-6-19-7-5-17;2*5-3(6)1-2-4(7)8/h2*12,16H,5-10H2,1-4H3;2*10,14,18H,4-9H2,1-3H3;2*1-2H,(H,5,6)(H,7,8)/b;;;;2*2-1-/t2*12-;2*10-;;/m0000../s1. The van der Waals surface area contributed by atoms with Crippen molar-refractivity contribution in [1.29, 1.82) is 0 Å². The second-order valence-electron chi connectivity index (χ2n) is 27.5. The van der Waals surface area contributed by atoms with Gasteiger partial charge in [0.1, 0.15) is 50.8 Å². The number of morpholine rings is 4. The van der Waals surface area contributed by atoms with E-state index in [1.807, 2.05) is 0 Å². The number of anilines is 4. The highest BCUT2D eigenvalue weighted by Crippen LogP contribution is 2.30. The summed E-state index contributed by atoms with van der Waals surface area (Å²) in [6.45, 7) is 41.9. The monoisotopic (exact) mass is 1580 g/mol. The van der Waals surface area contributed by atoms with E-state index in [4.69, 9.17) is 67.8 Å². The molecular formula is C64H108N16O22S4. The van der Waals surface area contributed by atoms with Gasteiger partial charge in [-0.3, -0.25) is 9.59 Å². The molecular weight excluding hydrogens is 1470 g/mol. The van der Waals surface area contributed by atoms with Crippen LogP contribution >= 0.6 is 46.9 Å². The Balaban J connectivity index is 0.000000343. The Bertz CT molecular complexity index is 2980. The van der Waals surface area contributed by atoms with Crippen molar-refractivity contribution in [2.24, 2.45) is 0 Å². The van der Waals surface area contributed by atoms with Crippen LogP contribution in [0.5, 0.6) is 23.5 Å². The highest BCUT2D eigenvalue weighted by Gasteiger charge is 2.27. The summed E-state index contributed by atoms with van der Waals surface area (Å²) in [6, 6.07) is 0. The minimum absolute atomic E-state index is 0.0257. The summed E-state index contributed by atoms with van der Waals surface area (Å²) in [5.41, 5.74) is -0.191. The molecule has 4 aromatic rings. The second-order valence-corrected chi connectivity index (χ2v) is 29.6. The zero-order valence-corrected chi connectivity index (χ0v) is 66.1. The van der Waals surface area contributed by atoms with Crippen LogP contribution in [-0.4, -0.2) is 306 Å². The van der Waals surface area contributed by atoms with Crippen LogP contribution in [0.25, 0.3) is 0 Å². The van der Waals surface area contributed by atoms with Gasteiger partial charge in [0.05, 0.1) is 99.8 Å². The van der Waals surface area contributed by atoms with Crippen LogP contribution in [0, 0.1) is 0 Å². The van der Waals surface area contributed by atoms with Gasteiger partial charge >= 0.3 is 35.8 Å². The smallest absolute Gasteiger partial charge is 0.328 e. The van der Waals surface area contributed by atoms with Gasteiger partial charge < -0.3 is 119 Å². The third-order valence-corrected chi connectivity index (χ3v) is 15.5. The van der Waals surface area contributed by atoms with E-state index < -0.39 is 36.1 Å². The summed E-state index contributed by atoms with van der Waals surface area (Å²) in [6.07, 6.45) is 0.295. The van der Waals surface area contributed by atoms with Gasteiger partial charge in [-0.25, -0.2) is 19.2 Å². The normalized spacial score (nSPS) is 16.1. The molecule has 0 saturated carbocycles. The number of rotatable bonds is 30. The average molecular weight is 1580 g/mol. The number of hydrogen-bond donors (Lipinski definition) is 10. The number of esters is 2. The Morgan fingerprint density at radius 2 is 0.585 bits per heavy atom. The molecule has 4 aliphatic rings. The third kappa shape index (κ3) is 43.4. The quantitative estimate of drug-likeness (QED) is 0.0265. The van der Waals surface area contributed by atoms with Crippen molar-refractivity contribution in [3.8, 4) is 23.5 Å². The molecule has 4 aromatic heterocycles. The number of carboxylic acids is 4. The largest absolute Gasteiger partial charge is 0.478 e. The fourth-order valence-corrected chi connectivity index (χ4v) is 10.5. The lowest BCUT2D eigenvalue weighted by atomic mass is 10.1. The van der Waals surface area contributed by atoms with Crippen molar-refractivity contribution in [2.45, 2.75) is 144 Å². The molecule has 8 rings (SSSR count). The molecule has 0 radical (unpaired) electrons. The minimum atomic E-state index is -1.26. The lowest BCUT2D eigenvalue weighted by molar-refractivity contribution is -0.148. The zero-order chi connectivity index (χ0) is 78.9. The molecule has 38 nitrogen and oxygen atoms in total. The van der Waals surface area contributed by atoms with Crippen molar-refractivity contribution >= 4 is 106 Å². The Morgan fingerprint density at radius 3 is 0.783 bits per heavy atom. The Morgan fingerprint density at radius 1 is 0.377 bits per heavy atom. The highest BCUT2D eigenvalue weighted by atomic mass is 32.1. The second kappa shape index (κ2) is 48.8. The van der Waals surface area contributed by atoms with Crippen molar-refractivity contribution < 1.29 is 107 Å². The van der Waals surface area contributed by atoms with Crippen LogP contribution in [0.4, 0.5) is 23.3 Å². The van der Waals surface area contributed by atoms with Gasteiger partial charge in [-0.2, -0.15) is 17.5 Å². The molecule has 4 fully saturated rings. The molecule has 4 saturated heterocycles. The van der Waals surface area contributed by atoms with Crippen LogP contribution in [0.3, 0.4) is 0 Å². The maximum absolute atomic E-state index is 11.3. The molecule has 0 amide bonds. The first-order chi connectivity index (χ1) is 49.9. The number of hydrogen-bond acceptors (Lipinski definition) is 38. The number of aromatic nitrogens is 8. The van der Waals surface area contributed by atoms with Gasteiger partial charge in [0.2, 0.25) is 23.3 Å². The fraction of sp³-hybridized carbons (Fsp3) is 0.719. The molecule has 0 bridgehead atoms. The van der Waals surface area contributed by atoms with Crippen molar-refractivity contribution in [3.63, 3.8) is 0 Å². The van der Waals surface area contributed by atoms with Gasteiger partial charge in [0.15, 0.2) is 0 Å². The summed E-state index contributed by atoms with van der Waals surface area (Å²) >= 11 is 4.47. The van der Waals surface area contributed by atoms with Crippen molar-refractivity contribution in [1.82, 2.24) is 56.3 Å². The molecule has 0 unspecified atom stereocenters. The van der Waals surface area contributed by atoms with Crippen LogP contribution < -0.4 is 59.8 Å². The molecule has 4 aliphatic heterocycles. The number of aliphatic hydroxyl groups excluding tert-OH is 2. The van der Waals surface area contributed by atoms with Gasteiger partial charge in [0, 0.05) is 139 Å². The first-order valence-electron chi connectivity index (χ1n) is 34.0. The molecule has 8 heterocycles. The number of carbonyl (C=O) groups is 6. The van der Waals surface area contributed by atoms with E-state index in [1.54, 1.807) is 0 Å². The van der Waals surface area contributed by atoms with Gasteiger partial charge in [-0.1, -0.05) is 0 Å². The van der Waals surface area contributed by atoms with Crippen LogP contribution in [-0.2, 0) is 57.2 Å². The SMILES string of the molecule is CC(=O)O[C@@H](CNC(C)(C)C)COc1nsnc1N1CCOCC1.CC(=O)O[C@@H](CNC(C)(C)C)COc1nsnc1N1CCOCC1.CC(C)(C)NC[C@H](O)COc1nsnc1N1CCOCC1.CC(C)(C)NC[C@H](O)COc1nsnc1N1CCOCC1.O=C(O)/C=C\C(=O)O.O=C(O)/C=C\C(=O)O. The maximum Gasteiger partial charge on any atom is 0.328 e. The number of nitrogens with zero attached hydrogens (tertiary/aromatic N) is 12. The lowest BCUT2D eigenvalue weighted by Gasteiger charge is -2.27. The van der Waals surface area contributed by atoms with E-state index in [9.17, 15) is 39.0 Å². The number of aliphatic hydroxyl groups is 2. The number of ether oxygens (including phenoxy) is 10. The Kier molecular flexibility index (Phi) is 42.7. The number of carbonyl (C=O) groups excluding carboxylic acids is 2. The van der Waals surface area contributed by atoms with Crippen LogP contribution in [0.15, 0.2) is 24.3 Å². The third-order valence-electron chi connectivity index (χ3n) is 13.5. The van der Waals surface area contributed by atoms with Crippen molar-refractivity contribution in [2.75, 3.05) is 177 Å². The predicted molar refractivity (Wildman–Crippen MR) is 397 cm³/mol. The highest BCUT2D eigenvalue weighted by molar-refractivity contribution is 7.00. The number of carboxylic acid groups (broad SMARTS) is 4. The Hall–Kier alpha value is -7.46. The molecule has 0 aliphatic carbocycles. The minimum Gasteiger partial charge on any atom is -0.478 e. The summed E-state index contributed by atoms with van der Waals surface area (Å²) in [5.74, 6) is -0.772. The van der Waals surface area contributed by atoms with E-state index in [-0.39, 0.29) is 72.7 Å². The van der Waals surface area contributed by atoms with E-state index >= 15 is 0 Å². The topological polar surface area (TPSA) is 480 Å². The molecule has 600 valence electrons. The summed E-state index contributed by atoms with van der Waals surface area (Å²) < 4.78 is 88.8. The molecule has 4 atom stereocenters. The Labute approximate surface area is 634 Å². The molecule has 10 N–H and O–H groups in total. The average Bonchev–Trinajstić information content (AvgIpc) is 1.70. The first-order valence-corrected chi connectivity index (χ1v) is 36.9. The molecule has 0 spiro atoms. The van der Waals surface area contributed by atoms with E-state index in [0.29, 0.717) is 127 Å². The summed E-state index contributed by atoms with van der Waals surface area (Å²) in [4.78, 5) is 69.2. The lowest BCUT2D eigenvalue weighted by Crippen LogP contribution is -2.44. The number of aliphatic carboxylic acids is 4. The molecule has 0 aromatic carbocycles. The van der Waals surface area contributed by atoms with E-state index in [1.165, 1.54) is 13.8 Å².